The fourth-order valence-corrected chi connectivity index (χ4v) is 4.98. The Morgan fingerprint density at radius 3 is 2.45 bits per heavy atom. The normalized spacial score (nSPS) is 12.1. The minimum absolute atomic E-state index is 0.0551. The molecule has 0 saturated heterocycles. The number of aliphatic imine (C=N–C) groups is 1. The summed E-state index contributed by atoms with van der Waals surface area (Å²) in [7, 11) is 1.68. The number of anilines is 1. The van der Waals surface area contributed by atoms with Crippen LogP contribution in [0.1, 0.15) is 54.0 Å². The molecule has 0 aliphatic heterocycles. The SMILES string of the molecule is C=C/C(=N\c1c(C(=O)NC(C)c2cc3cccc(C#Cc4ccncc4)c3c(=O)n2-c2ccccc2)c(N)nn1C)C(C)C. The first-order chi connectivity index (χ1) is 21.2. The van der Waals surface area contributed by atoms with E-state index in [4.69, 9.17) is 5.73 Å². The van der Waals surface area contributed by atoms with Gasteiger partial charge in [-0.05, 0) is 60.7 Å². The number of aryl methyl sites for hydroxylation is 1. The Morgan fingerprint density at radius 2 is 1.77 bits per heavy atom. The second-order valence-corrected chi connectivity index (χ2v) is 10.6. The van der Waals surface area contributed by atoms with E-state index in [9.17, 15) is 9.59 Å². The molecule has 44 heavy (non-hydrogen) atoms. The number of aromatic nitrogens is 4. The van der Waals surface area contributed by atoms with Gasteiger partial charge in [0.25, 0.3) is 11.5 Å². The van der Waals surface area contributed by atoms with Crippen LogP contribution in [-0.4, -0.2) is 31.0 Å². The van der Waals surface area contributed by atoms with Crippen molar-refractivity contribution in [1.82, 2.24) is 24.6 Å². The van der Waals surface area contributed by atoms with E-state index >= 15 is 0 Å². The van der Waals surface area contributed by atoms with Crippen LogP contribution in [0, 0.1) is 17.8 Å². The number of para-hydroxylation sites is 1. The highest BCUT2D eigenvalue weighted by molar-refractivity contribution is 6.05. The minimum atomic E-state index is -0.605. The average Bonchev–Trinajstić information content (AvgIpc) is 3.31. The zero-order valence-corrected chi connectivity index (χ0v) is 25.1. The molecule has 1 unspecified atom stereocenters. The Hall–Kier alpha value is -5.75. The van der Waals surface area contributed by atoms with E-state index < -0.39 is 11.9 Å². The Balaban J connectivity index is 1.62. The lowest BCUT2D eigenvalue weighted by molar-refractivity contribution is 0.0940. The Bertz CT molecular complexity index is 2010. The van der Waals surface area contributed by atoms with Gasteiger partial charge in [-0.2, -0.15) is 5.10 Å². The third-order valence-electron chi connectivity index (χ3n) is 7.21. The van der Waals surface area contributed by atoms with E-state index in [1.54, 1.807) is 30.1 Å². The average molecular weight is 584 g/mol. The first-order valence-electron chi connectivity index (χ1n) is 14.2. The van der Waals surface area contributed by atoms with Gasteiger partial charge in [0.1, 0.15) is 5.56 Å². The largest absolute Gasteiger partial charge is 0.381 e. The molecule has 0 fully saturated rings. The van der Waals surface area contributed by atoms with Crippen molar-refractivity contribution in [2.24, 2.45) is 18.0 Å². The molecule has 5 aromatic rings. The second-order valence-electron chi connectivity index (χ2n) is 10.6. The summed E-state index contributed by atoms with van der Waals surface area (Å²) < 4.78 is 3.09. The lowest BCUT2D eigenvalue weighted by atomic mass is 10.0. The number of rotatable bonds is 7. The van der Waals surface area contributed by atoms with Crippen LogP contribution in [0.15, 0.2) is 102 Å². The molecule has 0 aliphatic carbocycles. The predicted octanol–water partition coefficient (Wildman–Crippen LogP) is 5.51. The number of allylic oxidation sites excluding steroid dienone is 1. The lowest BCUT2D eigenvalue weighted by Crippen LogP contribution is -2.32. The lowest BCUT2D eigenvalue weighted by Gasteiger charge is -2.21. The topological polar surface area (TPSA) is 120 Å². The molecule has 0 saturated carbocycles. The molecule has 9 heteroatoms. The Morgan fingerprint density at radius 1 is 1.05 bits per heavy atom. The molecule has 0 bridgehead atoms. The van der Waals surface area contributed by atoms with Gasteiger partial charge < -0.3 is 11.1 Å². The number of nitrogens with one attached hydrogen (secondary N) is 1. The van der Waals surface area contributed by atoms with Crippen molar-refractivity contribution in [3.05, 3.63) is 125 Å². The Labute approximate surface area is 255 Å². The van der Waals surface area contributed by atoms with Gasteiger partial charge in [-0.25, -0.2) is 9.67 Å². The molecule has 0 radical (unpaired) electrons. The van der Waals surface area contributed by atoms with Crippen LogP contribution in [0.5, 0.6) is 0 Å². The van der Waals surface area contributed by atoms with Crippen molar-refractivity contribution in [2.45, 2.75) is 26.8 Å². The number of fused-ring (bicyclic) bond motifs is 1. The summed E-state index contributed by atoms with van der Waals surface area (Å²) >= 11 is 0. The molecular formula is C35H33N7O2. The summed E-state index contributed by atoms with van der Waals surface area (Å²) in [6, 6.07) is 19.8. The molecule has 1 amide bonds. The smallest absolute Gasteiger partial charge is 0.264 e. The van der Waals surface area contributed by atoms with Crippen molar-refractivity contribution >= 4 is 34.0 Å². The van der Waals surface area contributed by atoms with Crippen molar-refractivity contribution in [1.29, 1.82) is 0 Å². The van der Waals surface area contributed by atoms with Crippen LogP contribution in [-0.2, 0) is 7.05 Å². The fraction of sp³-hybridized carbons (Fsp3) is 0.171. The molecule has 0 aliphatic rings. The number of nitrogen functional groups attached to an aromatic ring is 1. The molecular weight excluding hydrogens is 550 g/mol. The van der Waals surface area contributed by atoms with E-state index in [0.29, 0.717) is 39.2 Å². The summed E-state index contributed by atoms with van der Waals surface area (Å²) in [6.07, 6.45) is 5.00. The molecule has 2 aromatic carbocycles. The van der Waals surface area contributed by atoms with Gasteiger partial charge in [0.2, 0.25) is 0 Å². The van der Waals surface area contributed by atoms with Crippen LogP contribution in [0.2, 0.25) is 0 Å². The van der Waals surface area contributed by atoms with Crippen LogP contribution < -0.4 is 16.6 Å². The highest BCUT2D eigenvalue weighted by Gasteiger charge is 2.25. The van der Waals surface area contributed by atoms with Crippen molar-refractivity contribution in [2.75, 3.05) is 5.73 Å². The van der Waals surface area contributed by atoms with Crippen LogP contribution in [0.3, 0.4) is 0 Å². The monoisotopic (exact) mass is 583 g/mol. The zero-order valence-electron chi connectivity index (χ0n) is 25.1. The van der Waals surface area contributed by atoms with Gasteiger partial charge in [0, 0.05) is 47.7 Å². The molecule has 3 heterocycles. The number of amides is 1. The van der Waals surface area contributed by atoms with E-state index in [1.807, 2.05) is 87.5 Å². The molecule has 9 nitrogen and oxygen atoms in total. The van der Waals surface area contributed by atoms with Gasteiger partial charge in [-0.15, -0.1) is 0 Å². The highest BCUT2D eigenvalue weighted by atomic mass is 16.2. The highest BCUT2D eigenvalue weighted by Crippen LogP contribution is 2.28. The van der Waals surface area contributed by atoms with Crippen LogP contribution in [0.4, 0.5) is 11.6 Å². The third kappa shape index (κ3) is 5.92. The molecule has 3 N–H and O–H groups in total. The van der Waals surface area contributed by atoms with Crippen LogP contribution in [0.25, 0.3) is 16.5 Å². The molecule has 0 spiro atoms. The van der Waals surface area contributed by atoms with Gasteiger partial charge >= 0.3 is 0 Å². The van der Waals surface area contributed by atoms with Crippen LogP contribution >= 0.6 is 0 Å². The van der Waals surface area contributed by atoms with Gasteiger partial charge in [0.05, 0.1) is 11.4 Å². The molecule has 220 valence electrons. The van der Waals surface area contributed by atoms with Gasteiger partial charge in [0.15, 0.2) is 11.6 Å². The van der Waals surface area contributed by atoms with E-state index in [2.05, 4.69) is 38.8 Å². The standard InChI is InChI=1S/C35H33N7O2/c1-6-28(22(2)3)39-33-31(32(36)40-41(33)5)34(43)38-23(4)29-21-26-12-10-11-25(16-15-24-17-19-37-20-18-24)30(26)35(44)42(29)27-13-8-7-9-14-27/h6-14,17-23H,1H2,2-5H3,(H2,36,40)(H,38,43)/b39-28+. The first kappa shape index (κ1) is 29.7. The number of benzene rings is 2. The molecule has 3 aromatic heterocycles. The summed E-state index contributed by atoms with van der Waals surface area (Å²) in [5, 5.41) is 8.47. The Kier molecular flexibility index (Phi) is 8.54. The zero-order chi connectivity index (χ0) is 31.4. The predicted molar refractivity (Wildman–Crippen MR) is 175 cm³/mol. The van der Waals surface area contributed by atoms with Crippen molar-refractivity contribution in [3.63, 3.8) is 0 Å². The fourth-order valence-electron chi connectivity index (χ4n) is 4.98. The number of carbonyl (C=O) groups is 1. The van der Waals surface area contributed by atoms with Gasteiger partial charge in [-0.1, -0.05) is 62.6 Å². The molecule has 1 atom stereocenters. The maximum Gasteiger partial charge on any atom is 0.264 e. The van der Waals surface area contributed by atoms with Crippen molar-refractivity contribution in [3.8, 4) is 17.5 Å². The number of carbonyl (C=O) groups excluding carboxylic acids is 1. The summed E-state index contributed by atoms with van der Waals surface area (Å²) in [5.74, 6) is 6.29. The summed E-state index contributed by atoms with van der Waals surface area (Å²) in [5.41, 5.74) is 9.44. The summed E-state index contributed by atoms with van der Waals surface area (Å²) in [4.78, 5) is 36.7. The summed E-state index contributed by atoms with van der Waals surface area (Å²) in [6.45, 7) is 9.64. The number of pyridine rings is 2. The first-order valence-corrected chi connectivity index (χ1v) is 14.2. The van der Waals surface area contributed by atoms with E-state index in [1.165, 1.54) is 4.68 Å². The van der Waals surface area contributed by atoms with Crippen molar-refractivity contribution < 1.29 is 4.79 Å². The number of hydrogen-bond acceptors (Lipinski definition) is 6. The number of nitrogens with two attached hydrogens (primary N) is 1. The number of nitrogens with zero attached hydrogens (tertiary/aromatic N) is 5. The van der Waals surface area contributed by atoms with Gasteiger partial charge in [-0.3, -0.25) is 19.1 Å². The third-order valence-corrected chi connectivity index (χ3v) is 7.21. The minimum Gasteiger partial charge on any atom is -0.381 e. The maximum absolute atomic E-state index is 14.3. The second kappa shape index (κ2) is 12.6. The van der Waals surface area contributed by atoms with E-state index in [0.717, 1.165) is 5.56 Å². The quantitative estimate of drug-likeness (QED) is 0.194. The van der Waals surface area contributed by atoms with E-state index in [-0.39, 0.29) is 22.9 Å². The number of hydrogen-bond donors (Lipinski definition) is 2. The molecule has 5 rings (SSSR count). The maximum atomic E-state index is 14.3.